The van der Waals surface area contributed by atoms with E-state index < -0.39 is 20.8 Å². The van der Waals surface area contributed by atoms with Crippen molar-refractivity contribution in [3.63, 3.8) is 0 Å². The van der Waals surface area contributed by atoms with Crippen LogP contribution in [0.2, 0.25) is 0 Å². The van der Waals surface area contributed by atoms with Gasteiger partial charge in [0, 0.05) is 18.3 Å². The fourth-order valence-corrected chi connectivity index (χ4v) is 1.15. The van der Waals surface area contributed by atoms with Crippen molar-refractivity contribution in [1.82, 2.24) is 0 Å². The van der Waals surface area contributed by atoms with E-state index >= 15 is 0 Å². The number of hydrogen-bond donors (Lipinski definition) is 1. The van der Waals surface area contributed by atoms with Crippen LogP contribution in [0.1, 0.15) is 25.0 Å². The molecule has 94 valence electrons. The van der Waals surface area contributed by atoms with E-state index in [-0.39, 0.29) is 0 Å². The molecule has 5 heteroatoms. The van der Waals surface area contributed by atoms with Crippen molar-refractivity contribution in [3.05, 3.63) is 29.3 Å². The van der Waals surface area contributed by atoms with Gasteiger partial charge in [0.05, 0.1) is 0 Å². The average Bonchev–Trinajstić information content (AvgIpc) is 2.25. The fraction of sp³-hybridized carbons (Fsp3) is 0.417. The normalized spacial score (nSPS) is 10.2. The Morgan fingerprint density at radius 3 is 2.53 bits per heavy atom. The van der Waals surface area contributed by atoms with Crippen LogP contribution in [0.4, 0.5) is 0 Å². The van der Waals surface area contributed by atoms with Crippen molar-refractivity contribution < 1.29 is 26.0 Å². The van der Waals surface area contributed by atoms with Crippen LogP contribution in [0.5, 0.6) is 5.75 Å². The van der Waals surface area contributed by atoms with Crippen LogP contribution in [0, 0.1) is 12.8 Å². The number of benzene rings is 1. The van der Waals surface area contributed by atoms with E-state index in [0.717, 1.165) is 17.7 Å². The average molecular weight is 353 g/mol. The molecule has 0 unspecified atom stereocenters. The second-order valence-corrected chi connectivity index (χ2v) is 7.70. The number of phenolic OH excluding ortho intramolecular Hbond substituents is 1. The molecule has 0 aliphatic carbocycles. The first-order chi connectivity index (χ1) is 8.02. The van der Waals surface area contributed by atoms with Gasteiger partial charge < -0.3 is 5.11 Å². The van der Waals surface area contributed by atoms with Crippen LogP contribution < -0.4 is 0 Å². The molecule has 1 aromatic carbocycles. The minimum atomic E-state index is -0.826. The van der Waals surface area contributed by atoms with Gasteiger partial charge in [-0.15, -0.1) is 0 Å². The molecule has 1 N–H and O–H groups in total. The second-order valence-electron chi connectivity index (χ2n) is 3.97. The summed E-state index contributed by atoms with van der Waals surface area (Å²) in [6.07, 6.45) is 1.74. The predicted octanol–water partition coefficient (Wildman–Crippen LogP) is 4.15. The summed E-state index contributed by atoms with van der Waals surface area (Å²) in [6.45, 7) is 6.92. The molecule has 1 rings (SSSR count). The first-order valence-electron chi connectivity index (χ1n) is 5.27. The van der Waals surface area contributed by atoms with Crippen molar-refractivity contribution in [3.8, 4) is 5.75 Å². The fourth-order valence-electron chi connectivity index (χ4n) is 1.15. The van der Waals surface area contributed by atoms with Gasteiger partial charge in [-0.3, -0.25) is 4.99 Å². The summed E-state index contributed by atoms with van der Waals surface area (Å²) in [5.74, 6) is 0.887. The maximum absolute atomic E-state index is 9.67. The molecule has 0 radical (unpaired) electrons. The number of aliphatic imine (C=N–C) groups is 1. The number of aryl methyl sites for hydroxylation is 1. The van der Waals surface area contributed by atoms with Crippen LogP contribution >= 0.6 is 17.0 Å². The molecule has 0 bridgehead atoms. The zero-order valence-corrected chi connectivity index (χ0v) is 14.2. The number of nitrogens with zero attached hydrogens (tertiary/aromatic N) is 1. The molecule has 0 aromatic heterocycles. The summed E-state index contributed by atoms with van der Waals surface area (Å²) in [7, 11) is 9.87. The zero-order valence-electron chi connectivity index (χ0n) is 10.2. The van der Waals surface area contributed by atoms with E-state index in [2.05, 4.69) is 18.8 Å². The predicted molar refractivity (Wildman–Crippen MR) is 71.8 cm³/mol. The van der Waals surface area contributed by atoms with Crippen molar-refractivity contribution in [2.45, 2.75) is 20.8 Å². The third kappa shape index (κ3) is 7.97. The van der Waals surface area contributed by atoms with E-state index in [1.807, 2.05) is 25.1 Å². The quantitative estimate of drug-likeness (QED) is 0.814. The SMILES string of the molecule is Cc1cccc(C=NCC(C)C)c1O.[Cl][Zr][Cl]. The number of phenols is 1. The van der Waals surface area contributed by atoms with Crippen LogP contribution in [-0.4, -0.2) is 17.9 Å². The molecule has 0 heterocycles. The molecular weight excluding hydrogens is 336 g/mol. The zero-order chi connectivity index (χ0) is 13.3. The summed E-state index contributed by atoms with van der Waals surface area (Å²) in [5.41, 5.74) is 1.68. The monoisotopic (exact) mass is 351 g/mol. The molecule has 0 saturated carbocycles. The van der Waals surface area contributed by atoms with Gasteiger partial charge in [0.15, 0.2) is 0 Å². The summed E-state index contributed by atoms with van der Waals surface area (Å²) in [5, 5.41) is 9.67. The Morgan fingerprint density at radius 2 is 2.00 bits per heavy atom. The molecule has 0 atom stereocenters. The Balaban J connectivity index is 0.000000770. The molecule has 0 amide bonds. The van der Waals surface area contributed by atoms with Crippen molar-refractivity contribution >= 4 is 23.2 Å². The minimum absolute atomic E-state index is 0.333. The summed E-state index contributed by atoms with van der Waals surface area (Å²) in [4.78, 5) is 4.26. The molecule has 0 fully saturated rings. The molecule has 0 aliphatic rings. The van der Waals surface area contributed by atoms with Gasteiger partial charge in [0.2, 0.25) is 0 Å². The van der Waals surface area contributed by atoms with Crippen molar-refractivity contribution in [1.29, 1.82) is 0 Å². The van der Waals surface area contributed by atoms with Gasteiger partial charge in [-0.25, -0.2) is 0 Å². The van der Waals surface area contributed by atoms with E-state index in [0.29, 0.717) is 11.7 Å². The molecule has 0 saturated heterocycles. The van der Waals surface area contributed by atoms with E-state index in [9.17, 15) is 5.11 Å². The van der Waals surface area contributed by atoms with Crippen molar-refractivity contribution in [2.24, 2.45) is 10.9 Å². The van der Waals surface area contributed by atoms with Crippen LogP contribution in [0.25, 0.3) is 0 Å². The molecule has 1 aromatic rings. The number of rotatable bonds is 3. The Hall–Kier alpha value is 0.153. The van der Waals surface area contributed by atoms with Gasteiger partial charge in [-0.1, -0.05) is 26.0 Å². The van der Waals surface area contributed by atoms with Gasteiger partial charge >= 0.3 is 37.9 Å². The maximum atomic E-state index is 9.67. The molecule has 0 spiro atoms. The molecule has 0 aliphatic heterocycles. The third-order valence-electron chi connectivity index (χ3n) is 1.97. The summed E-state index contributed by atoms with van der Waals surface area (Å²) >= 11 is -0.826. The first-order valence-corrected chi connectivity index (χ1v) is 11.6. The number of hydrogen-bond acceptors (Lipinski definition) is 2. The Kier molecular flexibility index (Phi) is 10.2. The Morgan fingerprint density at radius 1 is 1.41 bits per heavy atom. The number of para-hydroxylation sites is 1. The number of halogens is 2. The van der Waals surface area contributed by atoms with Crippen LogP contribution in [-0.2, 0) is 20.8 Å². The molecular formula is C12H17Cl2NOZr. The Labute approximate surface area is 122 Å². The summed E-state index contributed by atoms with van der Waals surface area (Å²) in [6, 6.07) is 5.67. The van der Waals surface area contributed by atoms with E-state index in [1.54, 1.807) is 6.21 Å². The molecule has 2 nitrogen and oxygen atoms in total. The van der Waals surface area contributed by atoms with Crippen molar-refractivity contribution in [2.75, 3.05) is 6.54 Å². The molecule has 17 heavy (non-hydrogen) atoms. The first kappa shape index (κ1) is 17.2. The van der Waals surface area contributed by atoms with Gasteiger partial charge in [0.25, 0.3) is 0 Å². The van der Waals surface area contributed by atoms with E-state index in [1.165, 1.54) is 0 Å². The third-order valence-corrected chi connectivity index (χ3v) is 1.97. The topological polar surface area (TPSA) is 32.6 Å². The number of aromatic hydroxyl groups is 1. The van der Waals surface area contributed by atoms with Gasteiger partial charge in [-0.2, -0.15) is 0 Å². The second kappa shape index (κ2) is 10.1. The van der Waals surface area contributed by atoms with Crippen LogP contribution in [0.15, 0.2) is 23.2 Å². The Bertz CT molecular complexity index is 356. The van der Waals surface area contributed by atoms with E-state index in [4.69, 9.17) is 17.0 Å². The van der Waals surface area contributed by atoms with Gasteiger partial charge in [-0.05, 0) is 24.5 Å². The standard InChI is InChI=1S/C12H17NO.2ClH.Zr/c1-9(2)7-13-8-11-6-4-5-10(3)12(11)14;;;/h4-6,8-9,14H,7H2,1-3H3;2*1H;/q;;;+2/p-2. The van der Waals surface area contributed by atoms with Crippen LogP contribution in [0.3, 0.4) is 0 Å². The van der Waals surface area contributed by atoms with Gasteiger partial charge in [0.1, 0.15) is 5.75 Å². The summed E-state index contributed by atoms with van der Waals surface area (Å²) < 4.78 is 0.